The number of rotatable bonds is 6. The molecule has 1 aliphatic heterocycles. The predicted molar refractivity (Wildman–Crippen MR) is 140 cm³/mol. The average molecular weight is 518 g/mol. The second kappa shape index (κ2) is 10.5. The van der Waals surface area contributed by atoms with Crippen LogP contribution in [0.3, 0.4) is 0 Å². The van der Waals surface area contributed by atoms with E-state index in [0.29, 0.717) is 37.4 Å². The van der Waals surface area contributed by atoms with Crippen LogP contribution in [0, 0.1) is 0 Å². The Morgan fingerprint density at radius 2 is 1.71 bits per heavy atom. The molecule has 38 heavy (non-hydrogen) atoms. The van der Waals surface area contributed by atoms with E-state index in [0.717, 1.165) is 6.07 Å². The average Bonchev–Trinajstić information content (AvgIpc) is 2.93. The van der Waals surface area contributed by atoms with Crippen molar-refractivity contribution in [1.29, 1.82) is 0 Å². The molecule has 4 aromatic rings. The van der Waals surface area contributed by atoms with E-state index in [9.17, 15) is 24.9 Å². The highest BCUT2D eigenvalue weighted by Gasteiger charge is 2.30. The van der Waals surface area contributed by atoms with Crippen molar-refractivity contribution in [3.63, 3.8) is 0 Å². The molecule has 1 aliphatic rings. The van der Waals surface area contributed by atoms with Crippen molar-refractivity contribution >= 4 is 16.9 Å². The molecule has 1 amide bonds. The molecular weight excluding hydrogens is 490 g/mol. The van der Waals surface area contributed by atoms with Gasteiger partial charge < -0.3 is 34.1 Å². The number of hydrogen-bond donors (Lipinski definition) is 3. The quantitative estimate of drug-likeness (QED) is 0.350. The first-order valence-electron chi connectivity index (χ1n) is 12.2. The van der Waals surface area contributed by atoms with Gasteiger partial charge in [-0.3, -0.25) is 9.59 Å². The zero-order valence-electron chi connectivity index (χ0n) is 20.7. The second-order valence-corrected chi connectivity index (χ2v) is 9.05. The number of aromatic hydroxyl groups is 3. The Labute approximate surface area is 218 Å². The third-order valence-electron chi connectivity index (χ3n) is 6.75. The molecular formula is C29H27NO8. The molecule has 0 saturated carbocycles. The predicted octanol–water partition coefficient (Wildman–Crippen LogP) is 3.97. The molecule has 5 rings (SSSR count). The number of carbonyl (C=O) groups excluding carboxylic acids is 1. The molecule has 1 saturated heterocycles. The third-order valence-corrected chi connectivity index (χ3v) is 6.75. The van der Waals surface area contributed by atoms with E-state index in [1.54, 1.807) is 41.3 Å². The van der Waals surface area contributed by atoms with Gasteiger partial charge in [0.05, 0.1) is 20.3 Å². The molecule has 1 fully saturated rings. The van der Waals surface area contributed by atoms with E-state index in [4.69, 9.17) is 13.9 Å². The van der Waals surface area contributed by atoms with E-state index < -0.39 is 17.1 Å². The molecule has 9 nitrogen and oxygen atoms in total. The van der Waals surface area contributed by atoms with Crippen LogP contribution in [0.5, 0.6) is 23.0 Å². The fraction of sp³-hybridized carbons (Fsp3) is 0.241. The molecule has 3 aromatic carbocycles. The van der Waals surface area contributed by atoms with E-state index >= 15 is 0 Å². The fourth-order valence-electron chi connectivity index (χ4n) is 4.82. The second-order valence-electron chi connectivity index (χ2n) is 9.05. The van der Waals surface area contributed by atoms with Crippen LogP contribution in [0.1, 0.15) is 23.5 Å². The molecule has 0 spiro atoms. The monoisotopic (exact) mass is 517 g/mol. The summed E-state index contributed by atoms with van der Waals surface area (Å²) >= 11 is 0. The summed E-state index contributed by atoms with van der Waals surface area (Å²) in [6.45, 7) is 1.71. The van der Waals surface area contributed by atoms with Crippen molar-refractivity contribution < 1.29 is 34.0 Å². The number of methoxy groups -OCH3 is 1. The van der Waals surface area contributed by atoms with Gasteiger partial charge in [-0.2, -0.15) is 0 Å². The van der Waals surface area contributed by atoms with Gasteiger partial charge in [0.1, 0.15) is 28.2 Å². The Morgan fingerprint density at radius 3 is 2.42 bits per heavy atom. The van der Waals surface area contributed by atoms with Gasteiger partial charge in [-0.1, -0.05) is 36.4 Å². The summed E-state index contributed by atoms with van der Waals surface area (Å²) in [5.74, 6) is -1.43. The zero-order chi connectivity index (χ0) is 26.8. The number of benzene rings is 3. The Morgan fingerprint density at radius 1 is 0.974 bits per heavy atom. The molecule has 1 atom stereocenters. The van der Waals surface area contributed by atoms with Gasteiger partial charge in [0.25, 0.3) is 0 Å². The number of amides is 1. The molecule has 9 heteroatoms. The van der Waals surface area contributed by atoms with Crippen LogP contribution in [0.15, 0.2) is 69.9 Å². The summed E-state index contributed by atoms with van der Waals surface area (Å²) in [5, 5.41) is 31.8. The van der Waals surface area contributed by atoms with E-state index in [1.807, 2.05) is 6.07 Å². The van der Waals surface area contributed by atoms with Gasteiger partial charge in [-0.05, 0) is 17.7 Å². The van der Waals surface area contributed by atoms with Crippen molar-refractivity contribution in [2.45, 2.75) is 12.3 Å². The summed E-state index contributed by atoms with van der Waals surface area (Å²) in [5.41, 5.74) is 0.817. The van der Waals surface area contributed by atoms with Crippen molar-refractivity contribution in [3.8, 4) is 34.3 Å². The van der Waals surface area contributed by atoms with Crippen LogP contribution in [0.4, 0.5) is 0 Å². The number of phenolic OH excluding ortho intramolecular Hbond substituents is 3. The number of fused-ring (bicyclic) bond motifs is 1. The lowest BCUT2D eigenvalue weighted by Crippen LogP contribution is -2.41. The minimum atomic E-state index is -0.808. The largest absolute Gasteiger partial charge is 0.507 e. The van der Waals surface area contributed by atoms with E-state index in [-0.39, 0.29) is 51.9 Å². The van der Waals surface area contributed by atoms with E-state index in [2.05, 4.69) is 0 Å². The van der Waals surface area contributed by atoms with Crippen LogP contribution in [0.2, 0.25) is 0 Å². The number of phenols is 3. The van der Waals surface area contributed by atoms with Crippen molar-refractivity contribution in [2.75, 3.05) is 33.4 Å². The molecule has 0 radical (unpaired) electrons. The Bertz CT molecular complexity index is 1540. The first kappa shape index (κ1) is 25.2. The summed E-state index contributed by atoms with van der Waals surface area (Å²) in [6, 6.07) is 16.0. The van der Waals surface area contributed by atoms with Crippen LogP contribution < -0.4 is 10.2 Å². The zero-order valence-corrected chi connectivity index (χ0v) is 20.7. The Hall–Kier alpha value is -4.50. The lowest BCUT2D eigenvalue weighted by molar-refractivity contribution is -0.135. The lowest BCUT2D eigenvalue weighted by Gasteiger charge is -2.29. The number of morpholine rings is 1. The Balaban J connectivity index is 1.74. The van der Waals surface area contributed by atoms with Gasteiger partial charge in [0.15, 0.2) is 16.9 Å². The van der Waals surface area contributed by atoms with Crippen LogP contribution in [-0.4, -0.2) is 59.5 Å². The number of hydrogen-bond acceptors (Lipinski definition) is 8. The van der Waals surface area contributed by atoms with Crippen LogP contribution in [0.25, 0.3) is 22.3 Å². The number of ether oxygens (including phenoxy) is 2. The SMILES string of the molecule is COc1cc([C@@H](CC(=O)N2CCOCC2)c2c(O)cc(O)c3c(=O)cc(-c4ccccc4)oc23)ccc1O. The highest BCUT2D eigenvalue weighted by atomic mass is 16.5. The first-order chi connectivity index (χ1) is 18.4. The molecule has 0 aliphatic carbocycles. The summed E-state index contributed by atoms with van der Waals surface area (Å²) in [6.07, 6.45) is -0.0827. The van der Waals surface area contributed by atoms with Crippen LogP contribution in [-0.2, 0) is 9.53 Å². The molecule has 196 valence electrons. The lowest BCUT2D eigenvalue weighted by atomic mass is 9.85. The Kier molecular flexibility index (Phi) is 6.93. The highest BCUT2D eigenvalue weighted by molar-refractivity contribution is 5.91. The number of carbonyl (C=O) groups is 1. The maximum atomic E-state index is 13.4. The molecule has 2 heterocycles. The highest BCUT2D eigenvalue weighted by Crippen LogP contribution is 2.44. The van der Waals surface area contributed by atoms with Gasteiger partial charge >= 0.3 is 0 Å². The fourth-order valence-corrected chi connectivity index (χ4v) is 4.82. The first-order valence-corrected chi connectivity index (χ1v) is 12.2. The summed E-state index contributed by atoms with van der Waals surface area (Å²) < 4.78 is 16.8. The molecule has 1 aromatic heterocycles. The summed E-state index contributed by atoms with van der Waals surface area (Å²) in [7, 11) is 1.41. The van der Waals surface area contributed by atoms with E-state index in [1.165, 1.54) is 19.2 Å². The third kappa shape index (κ3) is 4.76. The molecule has 3 N–H and O–H groups in total. The van der Waals surface area contributed by atoms with Crippen molar-refractivity contribution in [3.05, 3.63) is 82.0 Å². The van der Waals surface area contributed by atoms with Gasteiger partial charge in [-0.25, -0.2) is 0 Å². The molecule has 0 bridgehead atoms. The topological polar surface area (TPSA) is 130 Å². The maximum Gasteiger partial charge on any atom is 0.223 e. The normalized spacial score (nSPS) is 14.4. The van der Waals surface area contributed by atoms with Crippen molar-refractivity contribution in [1.82, 2.24) is 4.90 Å². The smallest absolute Gasteiger partial charge is 0.223 e. The number of nitrogens with zero attached hydrogens (tertiary/aromatic N) is 1. The minimum Gasteiger partial charge on any atom is -0.507 e. The standard InChI is InChI=1S/C29H27NO8/c1-36-25-13-18(7-8-20(25)31)19(14-26(35)30-9-11-37-12-10-30)27-21(32)15-22(33)28-23(34)16-24(38-29(27)28)17-5-3-2-4-6-17/h2-8,13,15-16,19,31-33H,9-12,14H2,1H3/t19-/m1/s1. The van der Waals surface area contributed by atoms with Gasteiger partial charge in [-0.15, -0.1) is 0 Å². The minimum absolute atomic E-state index is 0.0272. The van der Waals surface area contributed by atoms with Gasteiger partial charge in [0, 0.05) is 48.7 Å². The van der Waals surface area contributed by atoms with Gasteiger partial charge in [0.2, 0.25) is 5.91 Å². The summed E-state index contributed by atoms with van der Waals surface area (Å²) in [4.78, 5) is 28.3. The molecule has 0 unspecified atom stereocenters. The van der Waals surface area contributed by atoms with Crippen LogP contribution >= 0.6 is 0 Å². The maximum absolute atomic E-state index is 13.4. The van der Waals surface area contributed by atoms with Crippen molar-refractivity contribution in [2.24, 2.45) is 0 Å².